The van der Waals surface area contributed by atoms with Crippen LogP contribution in [-0.2, 0) is 16.6 Å². The minimum absolute atomic E-state index is 0.196. The van der Waals surface area contributed by atoms with Crippen molar-refractivity contribution in [2.45, 2.75) is 11.4 Å². The third-order valence-electron chi connectivity index (χ3n) is 3.14. The second-order valence-electron chi connectivity index (χ2n) is 4.74. The van der Waals surface area contributed by atoms with Crippen molar-refractivity contribution in [3.63, 3.8) is 0 Å². The Bertz CT molecular complexity index is 960. The molecule has 0 aliphatic carbocycles. The number of hydrogen-bond acceptors (Lipinski definition) is 5. The highest BCUT2D eigenvalue weighted by atomic mass is 32.2. The molecule has 3 aromatic rings. The van der Waals surface area contributed by atoms with Gasteiger partial charge in [-0.2, -0.15) is 4.68 Å². The molecule has 0 radical (unpaired) electrons. The van der Waals surface area contributed by atoms with Crippen molar-refractivity contribution in [3.05, 3.63) is 66.0 Å². The highest BCUT2D eigenvalue weighted by Crippen LogP contribution is 2.16. The van der Waals surface area contributed by atoms with Crippen molar-refractivity contribution in [2.24, 2.45) is 0 Å². The van der Waals surface area contributed by atoms with Crippen LogP contribution >= 0.6 is 0 Å². The highest BCUT2D eigenvalue weighted by molar-refractivity contribution is 7.89. The molecule has 0 atom stereocenters. The third kappa shape index (κ3) is 3.29. The average molecular weight is 351 g/mol. The predicted molar refractivity (Wildman–Crippen MR) is 79.5 cm³/mol. The molecule has 3 rings (SSSR count). The number of rotatable bonds is 5. The zero-order valence-corrected chi connectivity index (χ0v) is 12.9. The fraction of sp³-hybridized carbons (Fsp3) is 0.0714. The number of para-hydroxylation sites is 1. The van der Waals surface area contributed by atoms with Crippen LogP contribution in [0.2, 0.25) is 0 Å². The summed E-state index contributed by atoms with van der Waals surface area (Å²) in [5.41, 5.74) is 0.633. The summed E-state index contributed by atoms with van der Waals surface area (Å²) >= 11 is 0. The number of tetrazole rings is 1. The Labute approximate surface area is 136 Å². The predicted octanol–water partition coefficient (Wildman–Crippen LogP) is 1.42. The SMILES string of the molecule is O=S(=O)(NCc1nnnn1-c1ccccc1)c1cc(F)ccc1F. The monoisotopic (exact) mass is 351 g/mol. The van der Waals surface area contributed by atoms with Gasteiger partial charge in [-0.25, -0.2) is 21.9 Å². The van der Waals surface area contributed by atoms with Gasteiger partial charge in [-0.3, -0.25) is 0 Å². The molecule has 0 aliphatic heterocycles. The molecule has 124 valence electrons. The summed E-state index contributed by atoms with van der Waals surface area (Å²) in [6, 6.07) is 11.0. The Balaban J connectivity index is 1.84. The van der Waals surface area contributed by atoms with E-state index in [2.05, 4.69) is 20.2 Å². The molecule has 0 saturated heterocycles. The normalized spacial score (nSPS) is 11.6. The summed E-state index contributed by atoms with van der Waals surface area (Å²) < 4.78 is 54.6. The summed E-state index contributed by atoms with van der Waals surface area (Å²) in [4.78, 5) is -0.777. The minimum Gasteiger partial charge on any atom is -0.207 e. The van der Waals surface area contributed by atoms with Crippen LogP contribution in [0.5, 0.6) is 0 Å². The number of benzene rings is 2. The van der Waals surface area contributed by atoms with E-state index in [0.717, 1.165) is 12.1 Å². The molecule has 7 nitrogen and oxygen atoms in total. The lowest BCUT2D eigenvalue weighted by Crippen LogP contribution is -2.26. The quantitative estimate of drug-likeness (QED) is 0.751. The Hall–Kier alpha value is -2.72. The van der Waals surface area contributed by atoms with Gasteiger partial charge in [-0.05, 0) is 40.8 Å². The van der Waals surface area contributed by atoms with E-state index in [-0.39, 0.29) is 12.4 Å². The Morgan fingerprint density at radius 3 is 2.58 bits per heavy atom. The van der Waals surface area contributed by atoms with Crippen molar-refractivity contribution >= 4 is 10.0 Å². The molecule has 2 aromatic carbocycles. The van der Waals surface area contributed by atoms with Crippen molar-refractivity contribution < 1.29 is 17.2 Å². The Kier molecular flexibility index (Phi) is 4.32. The Morgan fingerprint density at radius 2 is 1.83 bits per heavy atom. The molecule has 10 heteroatoms. The molecule has 0 bridgehead atoms. The van der Waals surface area contributed by atoms with Crippen LogP contribution in [0, 0.1) is 11.6 Å². The minimum atomic E-state index is -4.26. The van der Waals surface area contributed by atoms with Gasteiger partial charge in [0.25, 0.3) is 0 Å². The van der Waals surface area contributed by atoms with Gasteiger partial charge < -0.3 is 0 Å². The first-order valence-corrected chi connectivity index (χ1v) is 8.23. The second-order valence-corrected chi connectivity index (χ2v) is 6.48. The maximum absolute atomic E-state index is 13.6. The van der Waals surface area contributed by atoms with E-state index in [1.54, 1.807) is 24.3 Å². The number of halogens is 2. The summed E-state index contributed by atoms with van der Waals surface area (Å²) in [6.45, 7) is -0.291. The Morgan fingerprint density at radius 1 is 1.08 bits per heavy atom. The van der Waals surface area contributed by atoms with E-state index in [0.29, 0.717) is 11.8 Å². The van der Waals surface area contributed by atoms with Gasteiger partial charge in [0.15, 0.2) is 5.82 Å². The lowest BCUT2D eigenvalue weighted by Gasteiger charge is -2.08. The van der Waals surface area contributed by atoms with Crippen molar-refractivity contribution in [3.8, 4) is 5.69 Å². The lowest BCUT2D eigenvalue weighted by atomic mass is 10.3. The molecule has 1 N–H and O–H groups in total. The fourth-order valence-electron chi connectivity index (χ4n) is 2.01. The molecule has 0 unspecified atom stereocenters. The smallest absolute Gasteiger partial charge is 0.207 e. The van der Waals surface area contributed by atoms with Crippen LogP contribution in [0.3, 0.4) is 0 Å². The van der Waals surface area contributed by atoms with Crippen LogP contribution in [0.15, 0.2) is 53.4 Å². The molecule has 24 heavy (non-hydrogen) atoms. The van der Waals surface area contributed by atoms with Crippen LogP contribution in [0.25, 0.3) is 5.69 Å². The molecule has 0 amide bonds. The summed E-state index contributed by atoms with van der Waals surface area (Å²) in [5, 5.41) is 11.0. The number of nitrogens with one attached hydrogen (secondary N) is 1. The van der Waals surface area contributed by atoms with E-state index in [1.165, 1.54) is 4.68 Å². The van der Waals surface area contributed by atoms with Gasteiger partial charge >= 0.3 is 0 Å². The number of aromatic nitrogens is 4. The maximum atomic E-state index is 13.6. The molecule has 0 spiro atoms. The first kappa shape index (κ1) is 16.1. The van der Waals surface area contributed by atoms with Crippen LogP contribution in [0.4, 0.5) is 8.78 Å². The van der Waals surface area contributed by atoms with E-state index in [1.807, 2.05) is 6.07 Å². The summed E-state index contributed by atoms with van der Waals surface area (Å²) in [6.07, 6.45) is 0. The molecule has 1 heterocycles. The van der Waals surface area contributed by atoms with Gasteiger partial charge in [0.2, 0.25) is 10.0 Å². The third-order valence-corrected chi connectivity index (χ3v) is 4.55. The van der Waals surface area contributed by atoms with Crippen molar-refractivity contribution in [1.82, 2.24) is 24.9 Å². The van der Waals surface area contributed by atoms with Crippen molar-refractivity contribution in [2.75, 3.05) is 0 Å². The number of nitrogens with zero attached hydrogens (tertiary/aromatic N) is 4. The van der Waals surface area contributed by atoms with E-state index < -0.39 is 26.6 Å². The first-order valence-electron chi connectivity index (χ1n) is 6.75. The van der Waals surface area contributed by atoms with Crippen molar-refractivity contribution in [1.29, 1.82) is 0 Å². The standard InChI is InChI=1S/C14H11F2N5O2S/c15-10-6-7-12(16)13(8-10)24(22,23)17-9-14-18-19-20-21(14)11-4-2-1-3-5-11/h1-8,17H,9H2. The van der Waals surface area contributed by atoms with E-state index >= 15 is 0 Å². The van der Waals surface area contributed by atoms with Gasteiger partial charge in [-0.1, -0.05) is 18.2 Å². The van der Waals surface area contributed by atoms with Crippen LogP contribution < -0.4 is 4.72 Å². The molecule has 0 aliphatic rings. The van der Waals surface area contributed by atoms with Crippen LogP contribution in [-0.4, -0.2) is 28.6 Å². The molecule has 0 fully saturated rings. The number of sulfonamides is 1. The van der Waals surface area contributed by atoms with E-state index in [4.69, 9.17) is 0 Å². The zero-order chi connectivity index (χ0) is 17.2. The largest absolute Gasteiger partial charge is 0.244 e. The van der Waals surface area contributed by atoms with Gasteiger partial charge in [0.1, 0.15) is 16.5 Å². The molecular formula is C14H11F2N5O2S. The lowest BCUT2D eigenvalue weighted by molar-refractivity contribution is 0.544. The second kappa shape index (κ2) is 6.42. The summed E-state index contributed by atoms with van der Waals surface area (Å²) in [7, 11) is -4.26. The average Bonchev–Trinajstić information content (AvgIpc) is 3.04. The molecule has 0 saturated carbocycles. The first-order chi connectivity index (χ1) is 11.5. The maximum Gasteiger partial charge on any atom is 0.244 e. The fourth-order valence-corrected chi connectivity index (χ4v) is 3.07. The summed E-state index contributed by atoms with van der Waals surface area (Å²) in [5.74, 6) is -1.71. The topological polar surface area (TPSA) is 89.8 Å². The highest BCUT2D eigenvalue weighted by Gasteiger charge is 2.21. The van der Waals surface area contributed by atoms with Crippen LogP contribution in [0.1, 0.15) is 5.82 Å². The van der Waals surface area contributed by atoms with Gasteiger partial charge in [0, 0.05) is 0 Å². The zero-order valence-electron chi connectivity index (χ0n) is 12.1. The van der Waals surface area contributed by atoms with E-state index in [9.17, 15) is 17.2 Å². The molecule has 1 aromatic heterocycles. The molecular weight excluding hydrogens is 340 g/mol. The number of hydrogen-bond donors (Lipinski definition) is 1. The van der Waals surface area contributed by atoms with Gasteiger partial charge in [-0.15, -0.1) is 5.10 Å². The van der Waals surface area contributed by atoms with Gasteiger partial charge in [0.05, 0.1) is 12.2 Å².